The smallest absolute Gasteiger partial charge is 0.404 e. The molecule has 0 atom stereocenters. The summed E-state index contributed by atoms with van der Waals surface area (Å²) >= 11 is 0. The minimum Gasteiger partial charge on any atom is -0.404 e. The molecule has 2 aromatic carbocycles. The van der Waals surface area contributed by atoms with Gasteiger partial charge in [0.05, 0.1) is 6.54 Å². The van der Waals surface area contributed by atoms with Gasteiger partial charge in [0.2, 0.25) is 10.0 Å². The molecule has 28 heavy (non-hydrogen) atoms. The highest BCUT2D eigenvalue weighted by molar-refractivity contribution is 7.89. The van der Waals surface area contributed by atoms with Crippen molar-refractivity contribution in [1.82, 2.24) is 14.5 Å². The maximum absolute atomic E-state index is 12.6. The highest BCUT2D eigenvalue weighted by Gasteiger charge is 2.33. The molecule has 0 aliphatic carbocycles. The maximum Gasteiger partial charge on any atom is 0.573 e. The topological polar surface area (TPSA) is 73.2 Å². The molecule has 0 radical (unpaired) electrons. The van der Waals surface area contributed by atoms with Gasteiger partial charge < -0.3 is 4.74 Å². The molecule has 0 spiro atoms. The van der Waals surface area contributed by atoms with E-state index in [2.05, 4.69) is 14.6 Å². The van der Waals surface area contributed by atoms with E-state index in [0.717, 1.165) is 17.7 Å². The van der Waals surface area contributed by atoms with E-state index >= 15 is 0 Å². The lowest BCUT2D eigenvalue weighted by Gasteiger charge is -2.15. The number of para-hydroxylation sites is 1. The van der Waals surface area contributed by atoms with E-state index in [1.165, 1.54) is 12.1 Å². The number of hydrogen-bond acceptors (Lipinski definition) is 4. The summed E-state index contributed by atoms with van der Waals surface area (Å²) in [6, 6.07) is 13.5. The van der Waals surface area contributed by atoms with Crippen molar-refractivity contribution in [3.8, 4) is 5.75 Å². The molecule has 148 valence electrons. The zero-order valence-electron chi connectivity index (χ0n) is 14.4. The molecule has 10 heteroatoms. The summed E-state index contributed by atoms with van der Waals surface area (Å²) in [7, 11) is -4.24. The van der Waals surface area contributed by atoms with Gasteiger partial charge in [-0.25, -0.2) is 13.1 Å². The summed E-state index contributed by atoms with van der Waals surface area (Å²) in [4.78, 5) is -0.586. The Morgan fingerprint density at radius 1 is 1.00 bits per heavy atom. The fourth-order valence-corrected chi connectivity index (χ4v) is 3.72. The molecule has 0 fully saturated rings. The van der Waals surface area contributed by atoms with Crippen molar-refractivity contribution in [3.63, 3.8) is 0 Å². The molecule has 3 rings (SSSR count). The molecule has 1 heterocycles. The van der Waals surface area contributed by atoms with E-state index in [4.69, 9.17) is 0 Å². The minimum absolute atomic E-state index is 0.0971. The van der Waals surface area contributed by atoms with E-state index < -0.39 is 27.0 Å². The fraction of sp³-hybridized carbons (Fsp3) is 0.167. The van der Waals surface area contributed by atoms with Gasteiger partial charge in [0.15, 0.2) is 0 Å². The van der Waals surface area contributed by atoms with E-state index in [1.54, 1.807) is 35.3 Å². The number of nitrogens with one attached hydrogen (secondary N) is 1. The van der Waals surface area contributed by atoms with Crippen molar-refractivity contribution in [3.05, 3.63) is 78.1 Å². The summed E-state index contributed by atoms with van der Waals surface area (Å²) in [5.74, 6) is -0.785. The van der Waals surface area contributed by atoms with E-state index in [9.17, 15) is 21.6 Å². The summed E-state index contributed by atoms with van der Waals surface area (Å²) in [5.41, 5.74) is 1.50. The molecule has 0 saturated carbocycles. The van der Waals surface area contributed by atoms with E-state index in [0.29, 0.717) is 12.1 Å². The lowest BCUT2D eigenvalue weighted by Crippen LogP contribution is -2.26. The first-order chi connectivity index (χ1) is 13.2. The quantitative estimate of drug-likeness (QED) is 0.648. The van der Waals surface area contributed by atoms with Gasteiger partial charge in [-0.05, 0) is 29.3 Å². The van der Waals surface area contributed by atoms with Crippen LogP contribution in [0.4, 0.5) is 13.2 Å². The van der Waals surface area contributed by atoms with Crippen LogP contribution in [0.5, 0.6) is 5.75 Å². The number of alkyl halides is 3. The third-order valence-corrected chi connectivity index (χ3v) is 5.27. The zero-order valence-corrected chi connectivity index (χ0v) is 15.2. The molecule has 0 amide bonds. The Bertz CT molecular complexity index is 1040. The van der Waals surface area contributed by atoms with Crippen LogP contribution in [0.2, 0.25) is 0 Å². The maximum atomic E-state index is 12.6. The van der Waals surface area contributed by atoms with Crippen molar-refractivity contribution in [2.75, 3.05) is 0 Å². The fourth-order valence-electron chi connectivity index (χ4n) is 2.58. The molecule has 0 aliphatic heterocycles. The van der Waals surface area contributed by atoms with Gasteiger partial charge in [0.1, 0.15) is 10.6 Å². The Balaban J connectivity index is 1.80. The van der Waals surface area contributed by atoms with Crippen molar-refractivity contribution >= 4 is 10.0 Å². The first-order valence-corrected chi connectivity index (χ1v) is 9.61. The number of aromatic nitrogens is 2. The average molecular weight is 411 g/mol. The SMILES string of the molecule is O=S(=O)(NCc1ccccc1Cn1cccn1)c1ccccc1OC(F)(F)F. The standard InChI is InChI=1S/C18H16F3N3O3S/c19-18(20,21)27-16-8-3-4-9-17(16)28(25,26)23-12-14-6-1-2-7-15(14)13-24-11-5-10-22-24/h1-11,23H,12-13H2. The molecule has 1 N–H and O–H groups in total. The number of hydrogen-bond donors (Lipinski definition) is 1. The Morgan fingerprint density at radius 2 is 1.68 bits per heavy atom. The molecule has 0 aliphatic rings. The second-order valence-corrected chi connectivity index (χ2v) is 7.53. The van der Waals surface area contributed by atoms with Crippen molar-refractivity contribution < 1.29 is 26.3 Å². The largest absolute Gasteiger partial charge is 0.573 e. The highest BCUT2D eigenvalue weighted by atomic mass is 32.2. The van der Waals surface area contributed by atoms with Crippen LogP contribution in [0.15, 0.2) is 71.9 Å². The van der Waals surface area contributed by atoms with E-state index in [-0.39, 0.29) is 6.54 Å². The van der Waals surface area contributed by atoms with Gasteiger partial charge >= 0.3 is 6.36 Å². The van der Waals surface area contributed by atoms with Crippen LogP contribution in [0.1, 0.15) is 11.1 Å². The predicted octanol–water partition coefficient (Wildman–Crippen LogP) is 3.31. The molecular formula is C18H16F3N3O3S. The van der Waals surface area contributed by atoms with Crippen LogP contribution in [-0.4, -0.2) is 24.6 Å². The van der Waals surface area contributed by atoms with Crippen LogP contribution in [0.25, 0.3) is 0 Å². The summed E-state index contributed by atoms with van der Waals surface area (Å²) < 4.78 is 70.6. The van der Waals surface area contributed by atoms with Crippen LogP contribution >= 0.6 is 0 Å². The van der Waals surface area contributed by atoms with Gasteiger partial charge in [-0.1, -0.05) is 36.4 Å². The summed E-state index contributed by atoms with van der Waals surface area (Å²) in [6.07, 6.45) is -1.60. The second kappa shape index (κ2) is 8.03. The predicted molar refractivity (Wildman–Crippen MR) is 94.9 cm³/mol. The van der Waals surface area contributed by atoms with Gasteiger partial charge in [-0.2, -0.15) is 5.10 Å². The van der Waals surface area contributed by atoms with Gasteiger partial charge in [-0.3, -0.25) is 4.68 Å². The van der Waals surface area contributed by atoms with Crippen LogP contribution < -0.4 is 9.46 Å². The lowest BCUT2D eigenvalue weighted by molar-refractivity contribution is -0.275. The van der Waals surface area contributed by atoms with Gasteiger partial charge in [-0.15, -0.1) is 13.2 Å². The second-order valence-electron chi connectivity index (χ2n) is 5.79. The Labute approximate surface area is 159 Å². The molecule has 0 saturated heterocycles. The third-order valence-electron chi connectivity index (χ3n) is 3.83. The number of nitrogens with zero attached hydrogens (tertiary/aromatic N) is 2. The lowest BCUT2D eigenvalue weighted by atomic mass is 10.1. The first kappa shape index (κ1) is 19.9. The first-order valence-electron chi connectivity index (χ1n) is 8.13. The van der Waals surface area contributed by atoms with Crippen molar-refractivity contribution in [2.24, 2.45) is 0 Å². The third kappa shape index (κ3) is 5.11. The van der Waals surface area contributed by atoms with E-state index in [1.807, 2.05) is 12.1 Å². The molecule has 0 unspecified atom stereocenters. The van der Waals surface area contributed by atoms with Crippen LogP contribution in [0.3, 0.4) is 0 Å². The Hall–Kier alpha value is -2.85. The molecule has 3 aromatic rings. The average Bonchev–Trinajstić information content (AvgIpc) is 3.13. The molecule has 1 aromatic heterocycles. The minimum atomic E-state index is -5.00. The monoisotopic (exact) mass is 411 g/mol. The Morgan fingerprint density at radius 3 is 2.36 bits per heavy atom. The normalized spacial score (nSPS) is 12.1. The van der Waals surface area contributed by atoms with Crippen LogP contribution in [-0.2, 0) is 23.1 Å². The number of rotatable bonds is 7. The molecule has 6 nitrogen and oxygen atoms in total. The van der Waals surface area contributed by atoms with Gasteiger partial charge in [0.25, 0.3) is 0 Å². The number of benzene rings is 2. The van der Waals surface area contributed by atoms with Crippen LogP contribution in [0, 0.1) is 0 Å². The number of halogens is 3. The number of sulfonamides is 1. The molecule has 0 bridgehead atoms. The zero-order chi connectivity index (χ0) is 20.2. The highest BCUT2D eigenvalue weighted by Crippen LogP contribution is 2.29. The summed E-state index contributed by atoms with van der Waals surface area (Å²) in [6.45, 7) is 0.332. The Kier molecular flexibility index (Phi) is 5.71. The van der Waals surface area contributed by atoms with Gasteiger partial charge in [0, 0.05) is 18.9 Å². The van der Waals surface area contributed by atoms with Crippen molar-refractivity contribution in [1.29, 1.82) is 0 Å². The summed E-state index contributed by atoms with van der Waals surface area (Å²) in [5, 5.41) is 4.11. The number of ether oxygens (including phenoxy) is 1. The van der Waals surface area contributed by atoms with Crippen molar-refractivity contribution in [2.45, 2.75) is 24.3 Å². The molecular weight excluding hydrogens is 395 g/mol.